The Bertz CT molecular complexity index is 1020. The monoisotopic (exact) mass is 420 g/mol. The Morgan fingerprint density at radius 3 is 2.42 bits per heavy atom. The summed E-state index contributed by atoms with van der Waals surface area (Å²) in [6.07, 6.45) is 4.77. The average molecular weight is 421 g/mol. The molecule has 31 heavy (non-hydrogen) atoms. The van der Waals surface area contributed by atoms with E-state index in [4.69, 9.17) is 9.15 Å². The van der Waals surface area contributed by atoms with Gasteiger partial charge in [0.15, 0.2) is 5.76 Å². The molecule has 1 N–H and O–H groups in total. The van der Waals surface area contributed by atoms with E-state index < -0.39 is 0 Å². The topological polar surface area (TPSA) is 71.8 Å². The number of carbonyl (C=O) groups excluding carboxylic acids is 2. The molecule has 6 heteroatoms. The smallest absolute Gasteiger partial charge is 0.287 e. The van der Waals surface area contributed by atoms with Gasteiger partial charge in [0.2, 0.25) is 5.91 Å². The molecule has 1 aliphatic rings. The van der Waals surface area contributed by atoms with Gasteiger partial charge in [-0.15, -0.1) is 0 Å². The van der Waals surface area contributed by atoms with Gasteiger partial charge >= 0.3 is 0 Å². The summed E-state index contributed by atoms with van der Waals surface area (Å²) < 4.78 is 11.7. The van der Waals surface area contributed by atoms with Crippen LogP contribution in [0.25, 0.3) is 11.0 Å². The van der Waals surface area contributed by atoms with Crippen molar-refractivity contribution in [3.8, 4) is 5.75 Å². The van der Waals surface area contributed by atoms with E-state index in [-0.39, 0.29) is 30.7 Å². The van der Waals surface area contributed by atoms with E-state index in [0.29, 0.717) is 17.6 Å². The zero-order valence-electron chi connectivity index (χ0n) is 17.6. The molecule has 0 unspecified atom stereocenters. The number of nitrogens with zero attached hydrogens (tertiary/aromatic N) is 1. The molecule has 6 nitrogen and oxygen atoms in total. The van der Waals surface area contributed by atoms with E-state index >= 15 is 0 Å². The Labute approximate surface area is 182 Å². The first-order valence-electron chi connectivity index (χ1n) is 11.0. The predicted octanol–water partition coefficient (Wildman–Crippen LogP) is 4.53. The van der Waals surface area contributed by atoms with Gasteiger partial charge in [-0.3, -0.25) is 9.59 Å². The van der Waals surface area contributed by atoms with Crippen molar-refractivity contribution in [3.05, 3.63) is 65.9 Å². The van der Waals surface area contributed by atoms with Crippen molar-refractivity contribution < 1.29 is 18.7 Å². The van der Waals surface area contributed by atoms with Gasteiger partial charge < -0.3 is 19.4 Å². The van der Waals surface area contributed by atoms with Crippen LogP contribution in [-0.2, 0) is 11.4 Å². The molecule has 1 fully saturated rings. The lowest BCUT2D eigenvalue weighted by molar-refractivity contribution is -0.131. The number of rotatable bonds is 7. The molecule has 3 aromatic rings. The number of nitrogens with one attached hydrogen (secondary N) is 1. The molecular formula is C25H28N2O4. The second-order valence-corrected chi connectivity index (χ2v) is 7.81. The second-order valence-electron chi connectivity index (χ2n) is 7.81. The summed E-state index contributed by atoms with van der Waals surface area (Å²) >= 11 is 0. The van der Waals surface area contributed by atoms with Gasteiger partial charge in [-0.25, -0.2) is 0 Å². The van der Waals surface area contributed by atoms with Gasteiger partial charge in [0.1, 0.15) is 17.9 Å². The molecule has 0 saturated carbocycles. The minimum Gasteiger partial charge on any atom is -0.489 e. The summed E-state index contributed by atoms with van der Waals surface area (Å²) in [6, 6.07) is 17.0. The van der Waals surface area contributed by atoms with Crippen LogP contribution in [-0.4, -0.2) is 36.3 Å². The average Bonchev–Trinajstić information content (AvgIpc) is 2.96. The highest BCUT2D eigenvalue weighted by Gasteiger charge is 2.22. The molecule has 162 valence electrons. The zero-order chi connectivity index (χ0) is 21.5. The van der Waals surface area contributed by atoms with Gasteiger partial charge in [-0.05, 0) is 31.0 Å². The van der Waals surface area contributed by atoms with E-state index in [2.05, 4.69) is 5.32 Å². The standard InChI is InChI=1S/C25H28N2O4/c28-23(27-16-8-1-2-9-17-27)14-15-26-25(29)24-21(18-30-19-10-4-3-5-11-19)20-12-6-7-13-22(20)31-24/h3-7,10-13H,1-2,8-9,14-18H2,(H,26,29). The molecule has 4 rings (SSSR count). The number of amides is 2. The number of hydrogen-bond acceptors (Lipinski definition) is 4. The molecule has 1 aliphatic heterocycles. The zero-order valence-corrected chi connectivity index (χ0v) is 17.6. The van der Waals surface area contributed by atoms with Crippen LogP contribution in [0.5, 0.6) is 5.75 Å². The molecule has 0 bridgehead atoms. The lowest BCUT2D eigenvalue weighted by Gasteiger charge is -2.20. The first-order chi connectivity index (χ1) is 15.2. The maximum Gasteiger partial charge on any atom is 0.287 e. The lowest BCUT2D eigenvalue weighted by atomic mass is 10.1. The fourth-order valence-electron chi connectivity index (χ4n) is 3.94. The van der Waals surface area contributed by atoms with Crippen molar-refractivity contribution in [2.24, 2.45) is 0 Å². The molecule has 2 amide bonds. The highest BCUT2D eigenvalue weighted by atomic mass is 16.5. The highest BCUT2D eigenvalue weighted by Crippen LogP contribution is 2.27. The first kappa shape index (κ1) is 21.0. The first-order valence-corrected chi connectivity index (χ1v) is 11.0. The van der Waals surface area contributed by atoms with Crippen molar-refractivity contribution in [2.75, 3.05) is 19.6 Å². The summed E-state index contributed by atoms with van der Waals surface area (Å²) in [5.41, 5.74) is 1.34. The summed E-state index contributed by atoms with van der Waals surface area (Å²) in [7, 11) is 0. The van der Waals surface area contributed by atoms with Crippen LogP contribution in [0.3, 0.4) is 0 Å². The maximum absolute atomic E-state index is 12.9. The van der Waals surface area contributed by atoms with E-state index in [1.807, 2.05) is 59.5 Å². The third-order valence-electron chi connectivity index (χ3n) is 5.61. The number of carbonyl (C=O) groups is 2. The van der Waals surface area contributed by atoms with Crippen LogP contribution in [0.4, 0.5) is 0 Å². The van der Waals surface area contributed by atoms with Crippen LogP contribution < -0.4 is 10.1 Å². The summed E-state index contributed by atoms with van der Waals surface area (Å²) in [4.78, 5) is 27.3. The number of furan rings is 1. The van der Waals surface area contributed by atoms with Gasteiger partial charge in [0.25, 0.3) is 5.91 Å². The third-order valence-corrected chi connectivity index (χ3v) is 5.61. The van der Waals surface area contributed by atoms with Crippen molar-refractivity contribution in [3.63, 3.8) is 0 Å². The highest BCUT2D eigenvalue weighted by molar-refractivity contribution is 5.99. The fraction of sp³-hybridized carbons (Fsp3) is 0.360. The predicted molar refractivity (Wildman–Crippen MR) is 119 cm³/mol. The summed E-state index contributed by atoms with van der Waals surface area (Å²) in [5.74, 6) is 0.729. The van der Waals surface area contributed by atoms with Gasteiger partial charge in [0, 0.05) is 37.0 Å². The molecule has 0 aliphatic carbocycles. The Hall–Kier alpha value is -3.28. The van der Waals surface area contributed by atoms with Crippen molar-refractivity contribution in [2.45, 2.75) is 38.7 Å². The molecular weight excluding hydrogens is 392 g/mol. The molecule has 0 atom stereocenters. The minimum absolute atomic E-state index is 0.0967. The maximum atomic E-state index is 12.9. The third kappa shape index (κ3) is 5.26. The van der Waals surface area contributed by atoms with Crippen molar-refractivity contribution >= 4 is 22.8 Å². The lowest BCUT2D eigenvalue weighted by Crippen LogP contribution is -2.35. The number of hydrogen-bond donors (Lipinski definition) is 1. The second kappa shape index (κ2) is 10.2. The fourth-order valence-corrected chi connectivity index (χ4v) is 3.94. The van der Waals surface area contributed by atoms with Crippen LogP contribution in [0, 0.1) is 0 Å². The molecule has 0 spiro atoms. The molecule has 2 aromatic carbocycles. The van der Waals surface area contributed by atoms with Crippen LogP contribution in [0.2, 0.25) is 0 Å². The SMILES string of the molecule is O=C(NCCC(=O)N1CCCCCC1)c1oc2ccccc2c1COc1ccccc1. The quantitative estimate of drug-likeness (QED) is 0.609. The van der Waals surface area contributed by atoms with Crippen molar-refractivity contribution in [1.82, 2.24) is 10.2 Å². The van der Waals surface area contributed by atoms with Crippen LogP contribution in [0.15, 0.2) is 59.0 Å². The Kier molecular flexibility index (Phi) is 6.87. The molecule has 1 aromatic heterocycles. The van der Waals surface area contributed by atoms with E-state index in [1.54, 1.807) is 0 Å². The Morgan fingerprint density at radius 1 is 0.935 bits per heavy atom. The number of para-hydroxylation sites is 2. The van der Waals surface area contributed by atoms with Gasteiger partial charge in [-0.1, -0.05) is 49.2 Å². The van der Waals surface area contributed by atoms with Crippen molar-refractivity contribution in [1.29, 1.82) is 0 Å². The molecule has 1 saturated heterocycles. The van der Waals surface area contributed by atoms with Crippen LogP contribution in [0.1, 0.15) is 48.2 Å². The molecule has 0 radical (unpaired) electrons. The summed E-state index contributed by atoms with van der Waals surface area (Å²) in [6.45, 7) is 2.13. The van der Waals surface area contributed by atoms with E-state index in [1.165, 1.54) is 12.8 Å². The van der Waals surface area contributed by atoms with E-state index in [9.17, 15) is 9.59 Å². The number of ether oxygens (including phenoxy) is 1. The van der Waals surface area contributed by atoms with E-state index in [0.717, 1.165) is 37.1 Å². The largest absolute Gasteiger partial charge is 0.489 e. The number of benzene rings is 2. The van der Waals surface area contributed by atoms with Gasteiger partial charge in [-0.2, -0.15) is 0 Å². The van der Waals surface area contributed by atoms with Gasteiger partial charge in [0.05, 0.1) is 0 Å². The van der Waals surface area contributed by atoms with Crippen LogP contribution >= 0.6 is 0 Å². The molecule has 2 heterocycles. The Morgan fingerprint density at radius 2 is 1.65 bits per heavy atom. The summed E-state index contributed by atoms with van der Waals surface area (Å²) in [5, 5.41) is 3.70. The number of fused-ring (bicyclic) bond motifs is 1. The minimum atomic E-state index is -0.327. The normalized spacial score (nSPS) is 14.3. The number of likely N-dealkylation sites (tertiary alicyclic amines) is 1. The Balaban J connectivity index is 1.41.